The fourth-order valence-electron chi connectivity index (χ4n) is 1.68. The lowest BCUT2D eigenvalue weighted by Crippen LogP contribution is -2.00. The van der Waals surface area contributed by atoms with Gasteiger partial charge in [-0.1, -0.05) is 34.8 Å². The van der Waals surface area contributed by atoms with Gasteiger partial charge in [-0.3, -0.25) is 0 Å². The van der Waals surface area contributed by atoms with E-state index in [-0.39, 0.29) is 0 Å². The van der Waals surface area contributed by atoms with Crippen molar-refractivity contribution in [2.24, 2.45) is 0 Å². The standard InChI is InChI=1S/C14H12Cl3NO/c1-19-12-2-3-13(17)14(7-12)18-8-9-4-10(15)6-11(16)5-9/h2-7,18H,8H2,1H3. The molecule has 0 fully saturated rings. The van der Waals surface area contributed by atoms with Crippen LogP contribution in [0.3, 0.4) is 0 Å². The monoisotopic (exact) mass is 315 g/mol. The Morgan fingerprint density at radius 2 is 1.68 bits per heavy atom. The lowest BCUT2D eigenvalue weighted by molar-refractivity contribution is 0.415. The van der Waals surface area contributed by atoms with Crippen LogP contribution >= 0.6 is 34.8 Å². The number of ether oxygens (including phenoxy) is 1. The number of hydrogen-bond acceptors (Lipinski definition) is 2. The van der Waals surface area contributed by atoms with Gasteiger partial charge in [-0.2, -0.15) is 0 Å². The number of hydrogen-bond donors (Lipinski definition) is 1. The van der Waals surface area contributed by atoms with Crippen LogP contribution in [0.25, 0.3) is 0 Å². The molecule has 2 aromatic carbocycles. The van der Waals surface area contributed by atoms with Crippen molar-refractivity contribution >= 4 is 40.5 Å². The Morgan fingerprint density at radius 3 is 2.32 bits per heavy atom. The molecule has 0 aliphatic carbocycles. The molecule has 2 nitrogen and oxygen atoms in total. The maximum Gasteiger partial charge on any atom is 0.121 e. The first-order valence-electron chi connectivity index (χ1n) is 5.61. The zero-order valence-corrected chi connectivity index (χ0v) is 12.5. The molecule has 0 unspecified atom stereocenters. The van der Waals surface area contributed by atoms with Crippen LogP contribution in [-0.4, -0.2) is 7.11 Å². The van der Waals surface area contributed by atoms with Gasteiger partial charge in [-0.05, 0) is 35.9 Å². The molecule has 0 aliphatic rings. The van der Waals surface area contributed by atoms with E-state index in [2.05, 4.69) is 5.32 Å². The summed E-state index contributed by atoms with van der Waals surface area (Å²) in [7, 11) is 1.61. The summed E-state index contributed by atoms with van der Waals surface area (Å²) in [5.74, 6) is 0.746. The first-order chi connectivity index (χ1) is 9.08. The van der Waals surface area contributed by atoms with E-state index < -0.39 is 0 Å². The van der Waals surface area contributed by atoms with Crippen LogP contribution in [0.1, 0.15) is 5.56 Å². The van der Waals surface area contributed by atoms with Crippen LogP contribution < -0.4 is 10.1 Å². The molecule has 2 rings (SSSR count). The summed E-state index contributed by atoms with van der Waals surface area (Å²) in [6, 6.07) is 10.8. The van der Waals surface area contributed by atoms with E-state index in [4.69, 9.17) is 39.5 Å². The number of anilines is 1. The predicted molar refractivity (Wildman–Crippen MR) is 81.8 cm³/mol. The molecule has 0 aromatic heterocycles. The third-order valence-corrected chi connectivity index (χ3v) is 3.34. The van der Waals surface area contributed by atoms with Crippen LogP contribution in [0.15, 0.2) is 36.4 Å². The van der Waals surface area contributed by atoms with E-state index in [0.29, 0.717) is 21.6 Å². The molecule has 5 heteroatoms. The Labute approximate surface area is 127 Å². The zero-order valence-electron chi connectivity index (χ0n) is 10.2. The second-order valence-electron chi connectivity index (χ2n) is 3.98. The molecule has 0 aliphatic heterocycles. The summed E-state index contributed by atoms with van der Waals surface area (Å²) in [5.41, 5.74) is 1.79. The zero-order chi connectivity index (χ0) is 13.8. The molecule has 1 N–H and O–H groups in total. The predicted octanol–water partition coefficient (Wildman–Crippen LogP) is 5.27. The van der Waals surface area contributed by atoms with Crippen molar-refractivity contribution < 1.29 is 4.74 Å². The van der Waals surface area contributed by atoms with Crippen LogP contribution in [0.2, 0.25) is 15.1 Å². The minimum Gasteiger partial charge on any atom is -0.497 e. The highest BCUT2D eigenvalue weighted by Gasteiger charge is 2.03. The highest BCUT2D eigenvalue weighted by atomic mass is 35.5. The minimum atomic E-state index is 0.577. The second-order valence-corrected chi connectivity index (χ2v) is 5.26. The molecule has 0 atom stereocenters. The van der Waals surface area contributed by atoms with Gasteiger partial charge in [0, 0.05) is 22.7 Å². The Bertz CT molecular complexity index is 567. The van der Waals surface area contributed by atoms with Crippen LogP contribution in [0.5, 0.6) is 5.75 Å². The summed E-state index contributed by atoms with van der Waals surface area (Å²) < 4.78 is 5.16. The van der Waals surface area contributed by atoms with E-state index in [9.17, 15) is 0 Å². The topological polar surface area (TPSA) is 21.3 Å². The summed E-state index contributed by atoms with van der Waals surface area (Å²) in [6.07, 6.45) is 0. The molecule has 0 radical (unpaired) electrons. The Hall–Kier alpha value is -1.09. The Balaban J connectivity index is 2.13. The molecular weight excluding hydrogens is 305 g/mol. The molecule has 0 saturated heterocycles. The highest BCUT2D eigenvalue weighted by molar-refractivity contribution is 6.34. The van der Waals surface area contributed by atoms with E-state index in [1.54, 1.807) is 19.2 Å². The molecule has 19 heavy (non-hydrogen) atoms. The third-order valence-electron chi connectivity index (χ3n) is 2.58. The maximum atomic E-state index is 6.11. The molecule has 2 aromatic rings. The van der Waals surface area contributed by atoms with Gasteiger partial charge >= 0.3 is 0 Å². The van der Waals surface area contributed by atoms with Crippen molar-refractivity contribution in [2.75, 3.05) is 12.4 Å². The van der Waals surface area contributed by atoms with Crippen molar-refractivity contribution in [3.05, 3.63) is 57.0 Å². The summed E-state index contributed by atoms with van der Waals surface area (Å²) in [5, 5.41) is 5.09. The minimum absolute atomic E-state index is 0.577. The van der Waals surface area contributed by atoms with Gasteiger partial charge in [0.1, 0.15) is 5.75 Å². The molecule has 0 bridgehead atoms. The number of halogens is 3. The number of benzene rings is 2. The summed E-state index contributed by atoms with van der Waals surface area (Å²) >= 11 is 18.0. The van der Waals surface area contributed by atoms with E-state index in [0.717, 1.165) is 17.0 Å². The largest absolute Gasteiger partial charge is 0.497 e. The van der Waals surface area contributed by atoms with Crippen LogP contribution in [0.4, 0.5) is 5.69 Å². The third kappa shape index (κ3) is 3.93. The number of rotatable bonds is 4. The van der Waals surface area contributed by atoms with Crippen LogP contribution in [0, 0.1) is 0 Å². The number of nitrogens with one attached hydrogen (secondary N) is 1. The molecular formula is C14H12Cl3NO. The molecule has 0 saturated carbocycles. The Kier molecular flexibility index (Phi) is 4.81. The van der Waals surface area contributed by atoms with E-state index >= 15 is 0 Å². The van der Waals surface area contributed by atoms with Crippen molar-refractivity contribution in [3.8, 4) is 5.75 Å². The van der Waals surface area contributed by atoms with Gasteiger partial charge in [-0.25, -0.2) is 0 Å². The summed E-state index contributed by atoms with van der Waals surface area (Å²) in [4.78, 5) is 0. The van der Waals surface area contributed by atoms with Crippen molar-refractivity contribution in [1.29, 1.82) is 0 Å². The van der Waals surface area contributed by atoms with Gasteiger partial charge in [0.2, 0.25) is 0 Å². The Morgan fingerprint density at radius 1 is 1.00 bits per heavy atom. The van der Waals surface area contributed by atoms with Gasteiger partial charge in [0.05, 0.1) is 17.8 Å². The average molecular weight is 317 g/mol. The SMILES string of the molecule is COc1ccc(Cl)c(NCc2cc(Cl)cc(Cl)c2)c1. The van der Waals surface area contributed by atoms with Gasteiger partial charge < -0.3 is 10.1 Å². The van der Waals surface area contributed by atoms with Gasteiger partial charge in [-0.15, -0.1) is 0 Å². The highest BCUT2D eigenvalue weighted by Crippen LogP contribution is 2.27. The average Bonchev–Trinajstić information content (AvgIpc) is 2.37. The normalized spacial score (nSPS) is 10.3. The molecule has 0 spiro atoms. The quantitative estimate of drug-likeness (QED) is 0.830. The van der Waals surface area contributed by atoms with E-state index in [1.165, 1.54) is 0 Å². The molecule has 0 amide bonds. The maximum absolute atomic E-state index is 6.11. The van der Waals surface area contributed by atoms with Gasteiger partial charge in [0.25, 0.3) is 0 Å². The fraction of sp³-hybridized carbons (Fsp3) is 0.143. The van der Waals surface area contributed by atoms with Gasteiger partial charge in [0.15, 0.2) is 0 Å². The van der Waals surface area contributed by atoms with E-state index in [1.807, 2.05) is 24.3 Å². The second kappa shape index (κ2) is 6.38. The van der Waals surface area contributed by atoms with Crippen molar-refractivity contribution in [3.63, 3.8) is 0 Å². The number of methoxy groups -OCH3 is 1. The summed E-state index contributed by atoms with van der Waals surface area (Å²) in [6.45, 7) is 0.577. The van der Waals surface area contributed by atoms with Crippen LogP contribution in [-0.2, 0) is 6.54 Å². The smallest absolute Gasteiger partial charge is 0.121 e. The molecule has 100 valence electrons. The first kappa shape index (κ1) is 14.3. The lowest BCUT2D eigenvalue weighted by atomic mass is 10.2. The van der Waals surface area contributed by atoms with Crippen molar-refractivity contribution in [1.82, 2.24) is 0 Å². The fourth-order valence-corrected chi connectivity index (χ4v) is 2.43. The van der Waals surface area contributed by atoms with Crippen molar-refractivity contribution in [2.45, 2.75) is 6.54 Å². The lowest BCUT2D eigenvalue weighted by Gasteiger charge is -2.10. The first-order valence-corrected chi connectivity index (χ1v) is 6.74. The molecule has 0 heterocycles.